The minimum Gasteiger partial charge on any atom is -0.389 e. The number of hydrogen-bond donors (Lipinski definition) is 1. The summed E-state index contributed by atoms with van der Waals surface area (Å²) in [4.78, 5) is 0.234. The first-order valence-electron chi connectivity index (χ1n) is 8.85. The Kier molecular flexibility index (Phi) is 13.4. The van der Waals surface area contributed by atoms with Crippen LogP contribution in [-0.4, -0.2) is 15.5 Å². The van der Waals surface area contributed by atoms with E-state index >= 15 is 0 Å². The minimum absolute atomic E-state index is 0.234. The fraction of sp³-hybridized carbons (Fsp3) is 1.00. The maximum Gasteiger partial charge on any atom is 0.0716 e. The van der Waals surface area contributed by atoms with Crippen molar-refractivity contribution in [2.24, 2.45) is 0 Å². The summed E-state index contributed by atoms with van der Waals surface area (Å²) in [5.74, 6) is 0. The molecule has 122 valence electrons. The number of rotatable bonds is 14. The second kappa shape index (κ2) is 13.1. The maximum absolute atomic E-state index is 9.82. The number of hydrogen-bond acceptors (Lipinski definition) is 1. The highest BCUT2D eigenvalue weighted by Crippen LogP contribution is 2.23. The number of halogens is 1. The van der Waals surface area contributed by atoms with Crippen LogP contribution in [0.3, 0.4) is 0 Å². The highest BCUT2D eigenvalue weighted by Gasteiger charge is 2.22. The van der Waals surface area contributed by atoms with E-state index in [1.807, 2.05) is 13.8 Å². The van der Waals surface area contributed by atoms with E-state index < -0.39 is 5.60 Å². The fourth-order valence-corrected chi connectivity index (χ4v) is 2.84. The Morgan fingerprint density at radius 2 is 1.10 bits per heavy atom. The van der Waals surface area contributed by atoms with Gasteiger partial charge in [0.05, 0.1) is 5.60 Å². The molecule has 0 aliphatic carbocycles. The van der Waals surface area contributed by atoms with Gasteiger partial charge in [0, 0.05) is 4.83 Å². The first-order chi connectivity index (χ1) is 9.48. The molecule has 0 aliphatic rings. The summed E-state index contributed by atoms with van der Waals surface area (Å²) in [6.07, 6.45) is 17.7. The van der Waals surface area contributed by atoms with E-state index in [1.54, 1.807) is 0 Å². The lowest BCUT2D eigenvalue weighted by Gasteiger charge is -2.23. The summed E-state index contributed by atoms with van der Waals surface area (Å²) in [7, 11) is 0. The molecule has 2 heteroatoms. The third-order valence-corrected chi connectivity index (χ3v) is 5.66. The van der Waals surface area contributed by atoms with Crippen LogP contribution in [0.4, 0.5) is 0 Å². The predicted octanol–water partition coefficient (Wildman–Crippen LogP) is 6.61. The van der Waals surface area contributed by atoms with Gasteiger partial charge in [-0.25, -0.2) is 0 Å². The van der Waals surface area contributed by atoms with Crippen molar-refractivity contribution in [3.63, 3.8) is 0 Å². The molecule has 0 saturated heterocycles. The van der Waals surface area contributed by atoms with Crippen LogP contribution in [0.15, 0.2) is 0 Å². The molecule has 1 nitrogen and oxygen atoms in total. The monoisotopic (exact) mass is 348 g/mol. The third kappa shape index (κ3) is 13.4. The van der Waals surface area contributed by atoms with Crippen molar-refractivity contribution in [3.8, 4) is 0 Å². The Labute approximate surface area is 136 Å². The van der Waals surface area contributed by atoms with Crippen molar-refractivity contribution in [1.29, 1.82) is 0 Å². The van der Waals surface area contributed by atoms with Crippen LogP contribution in [0, 0.1) is 0 Å². The van der Waals surface area contributed by atoms with Gasteiger partial charge >= 0.3 is 0 Å². The van der Waals surface area contributed by atoms with Gasteiger partial charge in [0.25, 0.3) is 0 Å². The molecule has 0 aromatic rings. The van der Waals surface area contributed by atoms with E-state index in [9.17, 15) is 5.11 Å². The molecule has 0 amide bonds. The number of alkyl halides is 1. The van der Waals surface area contributed by atoms with Gasteiger partial charge < -0.3 is 5.11 Å². The van der Waals surface area contributed by atoms with Crippen LogP contribution in [-0.2, 0) is 0 Å². The molecule has 0 spiro atoms. The molecule has 0 rings (SSSR count). The second-order valence-electron chi connectivity index (χ2n) is 6.80. The Bertz CT molecular complexity index is 198. The lowest BCUT2D eigenvalue weighted by Crippen LogP contribution is -2.31. The summed E-state index contributed by atoms with van der Waals surface area (Å²) in [6.45, 7) is 6.04. The van der Waals surface area contributed by atoms with E-state index in [-0.39, 0.29) is 4.83 Å². The van der Waals surface area contributed by atoms with Gasteiger partial charge in [-0.1, -0.05) is 99.9 Å². The van der Waals surface area contributed by atoms with Crippen LogP contribution in [0.2, 0.25) is 0 Å². The van der Waals surface area contributed by atoms with E-state index in [2.05, 4.69) is 22.9 Å². The van der Waals surface area contributed by atoms with E-state index in [1.165, 1.54) is 77.0 Å². The SMILES string of the molecule is CCCCCCCCCCCCCCC(Br)C(C)(C)O. The topological polar surface area (TPSA) is 20.2 Å². The van der Waals surface area contributed by atoms with Gasteiger partial charge in [0.15, 0.2) is 0 Å². The van der Waals surface area contributed by atoms with Crippen LogP contribution >= 0.6 is 15.9 Å². The van der Waals surface area contributed by atoms with Gasteiger partial charge in [0.2, 0.25) is 0 Å². The summed E-state index contributed by atoms with van der Waals surface area (Å²) >= 11 is 3.58. The third-order valence-electron chi connectivity index (χ3n) is 4.08. The molecule has 1 atom stereocenters. The average Bonchev–Trinajstić information content (AvgIpc) is 2.38. The fourth-order valence-electron chi connectivity index (χ4n) is 2.52. The van der Waals surface area contributed by atoms with E-state index in [0.29, 0.717) is 0 Å². The quantitative estimate of drug-likeness (QED) is 0.276. The Balaban J connectivity index is 3.14. The lowest BCUT2D eigenvalue weighted by atomic mass is 9.99. The molecule has 0 heterocycles. The van der Waals surface area contributed by atoms with Crippen LogP contribution in [0.1, 0.15) is 104 Å². The van der Waals surface area contributed by atoms with Crippen LogP contribution in [0.5, 0.6) is 0 Å². The van der Waals surface area contributed by atoms with Gasteiger partial charge in [-0.2, -0.15) is 0 Å². The van der Waals surface area contributed by atoms with Crippen molar-refractivity contribution < 1.29 is 5.11 Å². The van der Waals surface area contributed by atoms with Crippen molar-refractivity contribution in [2.75, 3.05) is 0 Å². The first kappa shape index (κ1) is 20.4. The Morgan fingerprint density at radius 1 is 0.750 bits per heavy atom. The molecular weight excluding hydrogens is 312 g/mol. The van der Waals surface area contributed by atoms with Gasteiger partial charge in [-0.05, 0) is 20.3 Å². The first-order valence-corrected chi connectivity index (χ1v) is 9.76. The molecule has 0 aromatic carbocycles. The Hall–Kier alpha value is 0.440. The van der Waals surface area contributed by atoms with Crippen LogP contribution in [0.25, 0.3) is 0 Å². The molecule has 1 unspecified atom stereocenters. The molecule has 0 fully saturated rings. The van der Waals surface area contributed by atoms with Gasteiger partial charge in [-0.3, -0.25) is 0 Å². The molecule has 20 heavy (non-hydrogen) atoms. The van der Waals surface area contributed by atoms with E-state index in [0.717, 1.165) is 6.42 Å². The van der Waals surface area contributed by atoms with Crippen molar-refractivity contribution in [3.05, 3.63) is 0 Å². The maximum atomic E-state index is 9.82. The van der Waals surface area contributed by atoms with Crippen molar-refractivity contribution in [1.82, 2.24) is 0 Å². The average molecular weight is 349 g/mol. The molecule has 0 radical (unpaired) electrons. The summed E-state index contributed by atoms with van der Waals surface area (Å²) in [5, 5.41) is 9.82. The summed E-state index contributed by atoms with van der Waals surface area (Å²) in [5.41, 5.74) is -0.586. The lowest BCUT2D eigenvalue weighted by molar-refractivity contribution is 0.0766. The molecule has 0 bridgehead atoms. The molecular formula is C18H37BrO. The summed E-state index contributed by atoms with van der Waals surface area (Å²) in [6, 6.07) is 0. The predicted molar refractivity (Wildman–Crippen MR) is 94.7 cm³/mol. The van der Waals surface area contributed by atoms with Gasteiger partial charge in [0.1, 0.15) is 0 Å². The van der Waals surface area contributed by atoms with Crippen LogP contribution < -0.4 is 0 Å². The second-order valence-corrected chi connectivity index (χ2v) is 7.90. The zero-order valence-corrected chi connectivity index (χ0v) is 15.7. The minimum atomic E-state index is -0.586. The van der Waals surface area contributed by atoms with Crippen molar-refractivity contribution in [2.45, 2.75) is 115 Å². The zero-order valence-electron chi connectivity index (χ0n) is 14.1. The normalized spacial score (nSPS) is 13.7. The highest BCUT2D eigenvalue weighted by molar-refractivity contribution is 9.09. The molecule has 0 aromatic heterocycles. The summed E-state index contributed by atoms with van der Waals surface area (Å²) < 4.78 is 0. The smallest absolute Gasteiger partial charge is 0.0716 e. The van der Waals surface area contributed by atoms with Crippen molar-refractivity contribution >= 4 is 15.9 Å². The highest BCUT2D eigenvalue weighted by atomic mass is 79.9. The van der Waals surface area contributed by atoms with Gasteiger partial charge in [-0.15, -0.1) is 0 Å². The number of unbranched alkanes of at least 4 members (excludes halogenated alkanes) is 11. The standard InChI is InChI=1S/C18H37BrO/c1-4-5-6-7-8-9-10-11-12-13-14-15-16-17(19)18(2,3)20/h17,20H,4-16H2,1-3H3. The molecule has 0 aliphatic heterocycles. The largest absolute Gasteiger partial charge is 0.389 e. The zero-order chi connectivity index (χ0) is 15.3. The molecule has 0 saturated carbocycles. The molecule has 1 N–H and O–H groups in total. The Morgan fingerprint density at radius 3 is 1.45 bits per heavy atom. The van der Waals surface area contributed by atoms with E-state index in [4.69, 9.17) is 0 Å². The number of aliphatic hydroxyl groups is 1.